The second-order valence-corrected chi connectivity index (χ2v) is 6.36. The van der Waals surface area contributed by atoms with E-state index in [-0.39, 0.29) is 18.6 Å². The van der Waals surface area contributed by atoms with E-state index in [1.807, 2.05) is 42.5 Å². The fourth-order valence-corrected chi connectivity index (χ4v) is 3.25. The van der Waals surface area contributed by atoms with Gasteiger partial charge in [-0.25, -0.2) is 0 Å². The van der Waals surface area contributed by atoms with Crippen LogP contribution in [0.4, 0.5) is 0 Å². The Hall–Kier alpha value is -2.41. The fourth-order valence-electron chi connectivity index (χ4n) is 3.25. The van der Waals surface area contributed by atoms with Crippen LogP contribution in [0.1, 0.15) is 39.9 Å². The highest BCUT2D eigenvalue weighted by Crippen LogP contribution is 2.29. The van der Waals surface area contributed by atoms with Crippen LogP contribution in [0.2, 0.25) is 0 Å². The molecule has 0 aliphatic carbocycles. The van der Waals surface area contributed by atoms with Gasteiger partial charge in [-0.1, -0.05) is 36.4 Å². The van der Waals surface area contributed by atoms with Crippen molar-refractivity contribution in [2.45, 2.75) is 18.4 Å². The Labute approximate surface area is 153 Å². The second kappa shape index (κ2) is 8.80. The molecule has 1 unspecified atom stereocenters. The Balaban J connectivity index is 1.78. The molecule has 2 aromatic rings. The minimum Gasteiger partial charge on any atom is -0.496 e. The summed E-state index contributed by atoms with van der Waals surface area (Å²) in [5.41, 5.74) is 8.82. The number of hydrazine groups is 1. The van der Waals surface area contributed by atoms with E-state index in [1.165, 1.54) is 0 Å². The summed E-state index contributed by atoms with van der Waals surface area (Å²) in [6, 6.07) is 15.0. The third kappa shape index (κ3) is 4.22. The van der Waals surface area contributed by atoms with Gasteiger partial charge in [0.25, 0.3) is 5.91 Å². The lowest BCUT2D eigenvalue weighted by Crippen LogP contribution is -2.29. The van der Waals surface area contributed by atoms with E-state index in [2.05, 4.69) is 16.2 Å². The topological polar surface area (TPSA) is 82.6 Å². The third-order valence-corrected chi connectivity index (χ3v) is 4.68. The average Bonchev–Trinajstić information content (AvgIpc) is 3.22. The van der Waals surface area contributed by atoms with Crippen molar-refractivity contribution in [1.82, 2.24) is 16.2 Å². The normalized spacial score (nSPS) is 15.6. The van der Waals surface area contributed by atoms with Crippen LogP contribution in [-0.4, -0.2) is 37.8 Å². The van der Waals surface area contributed by atoms with Gasteiger partial charge in [-0.15, -0.1) is 0 Å². The van der Waals surface area contributed by atoms with Gasteiger partial charge in [0, 0.05) is 31.2 Å². The maximum atomic E-state index is 12.7. The molecular weight excluding hydrogens is 330 g/mol. The first kappa shape index (κ1) is 18.4. The summed E-state index contributed by atoms with van der Waals surface area (Å²) >= 11 is 0. The van der Waals surface area contributed by atoms with Crippen LogP contribution >= 0.6 is 0 Å². The lowest BCUT2D eigenvalue weighted by atomic mass is 9.97. The third-order valence-electron chi connectivity index (χ3n) is 4.68. The first-order valence-corrected chi connectivity index (χ1v) is 8.83. The Morgan fingerprint density at radius 1 is 1.23 bits per heavy atom. The number of nitrogens with one attached hydrogen (secondary N) is 3. The minimum atomic E-state index is -0.234. The van der Waals surface area contributed by atoms with Gasteiger partial charge >= 0.3 is 0 Å². The Bertz CT molecular complexity index is 730. The molecule has 4 N–H and O–H groups in total. The molecule has 6 heteroatoms. The van der Waals surface area contributed by atoms with Gasteiger partial charge in [0.2, 0.25) is 0 Å². The van der Waals surface area contributed by atoms with Gasteiger partial charge in [-0.3, -0.25) is 15.6 Å². The zero-order valence-corrected chi connectivity index (χ0v) is 14.9. The number of ether oxygens (including phenoxy) is 1. The Morgan fingerprint density at radius 2 is 1.96 bits per heavy atom. The number of carbonyl (C=O) groups excluding carboxylic acids is 1. The molecule has 1 saturated heterocycles. The Kier molecular flexibility index (Phi) is 6.22. The molecule has 6 nitrogen and oxygen atoms in total. The molecule has 1 amide bonds. The molecule has 26 heavy (non-hydrogen) atoms. The highest BCUT2D eigenvalue weighted by atomic mass is 16.5. The van der Waals surface area contributed by atoms with Gasteiger partial charge < -0.3 is 15.2 Å². The number of hydrogen-bond donors (Lipinski definition) is 4. The predicted octanol–water partition coefficient (Wildman–Crippen LogP) is 1.74. The highest BCUT2D eigenvalue weighted by molar-refractivity contribution is 5.95. The molecule has 0 bridgehead atoms. The van der Waals surface area contributed by atoms with Crippen molar-refractivity contribution in [2.24, 2.45) is 0 Å². The first-order valence-electron chi connectivity index (χ1n) is 8.83. The molecule has 0 radical (unpaired) electrons. The average molecular weight is 355 g/mol. The van der Waals surface area contributed by atoms with Crippen LogP contribution in [0.25, 0.3) is 0 Å². The number of methoxy groups -OCH3 is 1. The maximum Gasteiger partial charge on any atom is 0.251 e. The predicted molar refractivity (Wildman–Crippen MR) is 100 cm³/mol. The fraction of sp³-hybridized carbons (Fsp3) is 0.350. The molecule has 0 saturated carbocycles. The molecule has 3 rings (SSSR count). The van der Waals surface area contributed by atoms with E-state index in [0.29, 0.717) is 23.7 Å². The maximum absolute atomic E-state index is 12.7. The van der Waals surface area contributed by atoms with E-state index in [1.54, 1.807) is 13.2 Å². The van der Waals surface area contributed by atoms with Crippen LogP contribution < -0.4 is 20.9 Å². The van der Waals surface area contributed by atoms with Crippen molar-refractivity contribution >= 4 is 5.91 Å². The van der Waals surface area contributed by atoms with Crippen LogP contribution in [-0.2, 0) is 0 Å². The number of carbonyl (C=O) groups is 1. The largest absolute Gasteiger partial charge is 0.496 e. The zero-order chi connectivity index (χ0) is 18.4. The van der Waals surface area contributed by atoms with E-state index < -0.39 is 0 Å². The van der Waals surface area contributed by atoms with Crippen LogP contribution in [0.3, 0.4) is 0 Å². The van der Waals surface area contributed by atoms with Gasteiger partial charge in [-0.2, -0.15) is 0 Å². The molecule has 2 aromatic carbocycles. The second-order valence-electron chi connectivity index (χ2n) is 6.36. The monoisotopic (exact) mass is 355 g/mol. The number of aliphatic hydroxyl groups excluding tert-OH is 1. The quantitative estimate of drug-likeness (QED) is 0.608. The number of hydrogen-bond acceptors (Lipinski definition) is 5. The van der Waals surface area contributed by atoms with Crippen LogP contribution in [0.15, 0.2) is 48.5 Å². The molecule has 1 aliphatic heterocycles. The molecule has 1 atom stereocenters. The summed E-state index contributed by atoms with van der Waals surface area (Å²) in [6.45, 7) is 1.66. The number of rotatable bonds is 7. The Morgan fingerprint density at radius 3 is 2.62 bits per heavy atom. The van der Waals surface area contributed by atoms with Crippen LogP contribution in [0, 0.1) is 0 Å². The van der Waals surface area contributed by atoms with E-state index in [4.69, 9.17) is 4.74 Å². The number of amides is 1. The summed E-state index contributed by atoms with van der Waals surface area (Å²) in [7, 11) is 1.62. The van der Waals surface area contributed by atoms with Crippen molar-refractivity contribution in [3.8, 4) is 5.75 Å². The lowest BCUT2D eigenvalue weighted by Gasteiger charge is -2.19. The SMILES string of the molecule is COc1cc(C(=O)NC(CCO)c2ccccc2)ccc1C1CNNC1. The lowest BCUT2D eigenvalue weighted by molar-refractivity contribution is 0.0929. The van der Waals surface area contributed by atoms with Gasteiger partial charge in [0.15, 0.2) is 0 Å². The van der Waals surface area contributed by atoms with Gasteiger partial charge in [-0.05, 0) is 29.7 Å². The molecule has 0 spiro atoms. The summed E-state index contributed by atoms with van der Waals surface area (Å²) < 4.78 is 5.51. The molecule has 138 valence electrons. The van der Waals surface area contributed by atoms with Crippen molar-refractivity contribution in [2.75, 3.05) is 26.8 Å². The molecule has 1 heterocycles. The minimum absolute atomic E-state index is 0.00375. The van der Waals surface area contributed by atoms with Gasteiger partial charge in [0.1, 0.15) is 5.75 Å². The summed E-state index contributed by atoms with van der Waals surface area (Å²) in [6.07, 6.45) is 0.463. The van der Waals surface area contributed by atoms with Crippen molar-refractivity contribution in [3.05, 3.63) is 65.2 Å². The van der Waals surface area contributed by atoms with Gasteiger partial charge in [0.05, 0.1) is 13.2 Å². The summed E-state index contributed by atoms with van der Waals surface area (Å²) in [4.78, 5) is 12.7. The molecule has 0 aromatic heterocycles. The number of aliphatic hydroxyl groups is 1. The van der Waals surface area contributed by atoms with Crippen LogP contribution in [0.5, 0.6) is 5.75 Å². The number of benzene rings is 2. The van der Waals surface area contributed by atoms with Crippen molar-refractivity contribution in [3.63, 3.8) is 0 Å². The standard InChI is InChI=1S/C20H25N3O3/c1-26-19-11-15(7-8-17(19)16-12-21-22-13-16)20(25)23-18(9-10-24)14-5-3-2-4-6-14/h2-8,11,16,18,21-22,24H,9-10,12-13H2,1H3,(H,23,25). The van der Waals surface area contributed by atoms with E-state index >= 15 is 0 Å². The summed E-state index contributed by atoms with van der Waals surface area (Å²) in [5, 5.41) is 12.3. The summed E-state index contributed by atoms with van der Waals surface area (Å²) in [5.74, 6) is 0.847. The smallest absolute Gasteiger partial charge is 0.251 e. The van der Waals surface area contributed by atoms with E-state index in [9.17, 15) is 9.90 Å². The highest BCUT2D eigenvalue weighted by Gasteiger charge is 2.22. The molecule has 1 aliphatic rings. The molecule has 1 fully saturated rings. The molecular formula is C20H25N3O3. The zero-order valence-electron chi connectivity index (χ0n) is 14.9. The van der Waals surface area contributed by atoms with E-state index in [0.717, 1.165) is 24.2 Å². The first-order chi connectivity index (χ1) is 12.7. The van der Waals surface area contributed by atoms with Crippen molar-refractivity contribution in [1.29, 1.82) is 0 Å². The van der Waals surface area contributed by atoms with Crippen molar-refractivity contribution < 1.29 is 14.6 Å².